The molecule has 0 fully saturated rings. The van der Waals surface area contributed by atoms with Crippen molar-refractivity contribution in [2.45, 2.75) is 11.1 Å². The third-order valence-corrected chi connectivity index (χ3v) is 5.31. The Morgan fingerprint density at radius 1 is 1.00 bits per heavy atom. The summed E-state index contributed by atoms with van der Waals surface area (Å²) in [6.45, 7) is 0. The second-order valence-electron chi connectivity index (χ2n) is 4.36. The average molecular weight is 452 g/mol. The van der Waals surface area contributed by atoms with Crippen molar-refractivity contribution in [2.75, 3.05) is 5.33 Å². The molecule has 0 heterocycles. The van der Waals surface area contributed by atoms with Crippen molar-refractivity contribution in [1.29, 1.82) is 0 Å². The third-order valence-electron chi connectivity index (χ3n) is 2.78. The zero-order chi connectivity index (χ0) is 16.2. The van der Waals surface area contributed by atoms with Crippen LogP contribution in [0.15, 0.2) is 68.9 Å². The van der Waals surface area contributed by atoms with E-state index < -0.39 is 11.7 Å². The first-order valence-corrected chi connectivity index (χ1v) is 9.00. The minimum absolute atomic E-state index is 0.133. The van der Waals surface area contributed by atoms with E-state index in [1.54, 1.807) is 36.4 Å². The predicted molar refractivity (Wildman–Crippen MR) is 93.2 cm³/mol. The molecular weight excluding hydrogens is 441 g/mol. The number of hydrogen-bond acceptors (Lipinski definition) is 1. The zero-order valence-corrected chi connectivity index (χ0v) is 15.2. The van der Waals surface area contributed by atoms with Gasteiger partial charge < -0.3 is 0 Å². The van der Waals surface area contributed by atoms with Crippen molar-refractivity contribution in [3.63, 3.8) is 0 Å². The van der Waals surface area contributed by atoms with Crippen LogP contribution in [0.25, 0.3) is 5.57 Å². The minimum atomic E-state index is -4.42. The van der Waals surface area contributed by atoms with Crippen molar-refractivity contribution in [2.24, 2.45) is 0 Å². The molecule has 0 aliphatic rings. The van der Waals surface area contributed by atoms with Gasteiger partial charge in [-0.15, -0.1) is 0 Å². The molecule has 0 saturated carbocycles. The van der Waals surface area contributed by atoms with Crippen molar-refractivity contribution in [1.82, 2.24) is 0 Å². The van der Waals surface area contributed by atoms with Crippen LogP contribution < -0.4 is 0 Å². The molecule has 2 aromatic carbocycles. The summed E-state index contributed by atoms with van der Waals surface area (Å²) in [6, 6.07) is 15.3. The predicted octanol–water partition coefficient (Wildman–Crippen LogP) is 6.91. The van der Waals surface area contributed by atoms with Gasteiger partial charge in [0.2, 0.25) is 0 Å². The van der Waals surface area contributed by atoms with Crippen molar-refractivity contribution in [3.05, 3.63) is 69.5 Å². The van der Waals surface area contributed by atoms with Gasteiger partial charge in [0, 0.05) is 19.6 Å². The van der Waals surface area contributed by atoms with E-state index in [1.165, 1.54) is 12.1 Å². The van der Waals surface area contributed by atoms with Crippen molar-refractivity contribution >= 4 is 49.2 Å². The highest BCUT2D eigenvalue weighted by atomic mass is 79.9. The first-order valence-electron chi connectivity index (χ1n) is 6.27. The van der Waals surface area contributed by atoms with E-state index in [-0.39, 0.29) is 15.8 Å². The summed E-state index contributed by atoms with van der Waals surface area (Å²) >= 11 is 7.54. The number of rotatable bonds is 4. The summed E-state index contributed by atoms with van der Waals surface area (Å²) in [4.78, 5) is 1.01. The van der Waals surface area contributed by atoms with Gasteiger partial charge in [0.05, 0.1) is 5.57 Å². The van der Waals surface area contributed by atoms with Gasteiger partial charge in [-0.25, -0.2) is 0 Å². The molecule has 0 atom stereocenters. The normalized spacial score (nSPS) is 13.0. The lowest BCUT2D eigenvalue weighted by Crippen LogP contribution is -2.13. The van der Waals surface area contributed by atoms with Crippen LogP contribution in [0.3, 0.4) is 0 Å². The van der Waals surface area contributed by atoms with E-state index in [1.807, 2.05) is 6.07 Å². The molecule has 0 unspecified atom stereocenters. The SMILES string of the molecule is FC(F)(F)/C(=C(/CBr)Sc1ccccc1)c1cccc(Br)c1. The monoisotopic (exact) mass is 450 g/mol. The van der Waals surface area contributed by atoms with Gasteiger partial charge in [0.15, 0.2) is 0 Å². The topological polar surface area (TPSA) is 0 Å². The van der Waals surface area contributed by atoms with Gasteiger partial charge in [0.25, 0.3) is 0 Å². The molecule has 0 aromatic heterocycles. The van der Waals surface area contributed by atoms with Crippen molar-refractivity contribution < 1.29 is 13.2 Å². The lowest BCUT2D eigenvalue weighted by molar-refractivity contribution is -0.0691. The highest BCUT2D eigenvalue weighted by Crippen LogP contribution is 2.43. The Balaban J connectivity index is 2.53. The van der Waals surface area contributed by atoms with E-state index >= 15 is 0 Å². The summed E-state index contributed by atoms with van der Waals surface area (Å²) in [5.41, 5.74) is -0.459. The quantitative estimate of drug-likeness (QED) is 0.359. The molecule has 116 valence electrons. The second kappa shape index (κ2) is 7.70. The van der Waals surface area contributed by atoms with Crippen LogP contribution in [-0.4, -0.2) is 11.5 Å². The number of halogens is 5. The Labute approximate surface area is 148 Å². The molecule has 0 bridgehead atoms. The van der Waals surface area contributed by atoms with Gasteiger partial charge in [0.1, 0.15) is 0 Å². The molecule has 2 rings (SSSR count). The first kappa shape index (κ1) is 17.6. The molecule has 0 aliphatic heterocycles. The van der Waals surface area contributed by atoms with E-state index in [9.17, 15) is 13.2 Å². The molecule has 0 N–H and O–H groups in total. The molecule has 0 aliphatic carbocycles. The maximum absolute atomic E-state index is 13.6. The summed E-state index contributed by atoms with van der Waals surface area (Å²) in [7, 11) is 0. The van der Waals surface area contributed by atoms with Crippen LogP contribution in [0.1, 0.15) is 5.56 Å². The number of allylic oxidation sites excluding steroid dienone is 2. The molecule has 0 saturated heterocycles. The Kier molecular flexibility index (Phi) is 6.17. The molecule has 2 aromatic rings. The molecule has 0 amide bonds. The van der Waals surface area contributed by atoms with Crippen molar-refractivity contribution in [3.8, 4) is 0 Å². The van der Waals surface area contributed by atoms with E-state index in [0.29, 0.717) is 4.47 Å². The first-order chi connectivity index (χ1) is 10.4. The summed E-state index contributed by atoms with van der Waals surface area (Å²) < 4.78 is 41.3. The van der Waals surface area contributed by atoms with E-state index in [0.717, 1.165) is 16.7 Å². The lowest BCUT2D eigenvalue weighted by atomic mass is 10.1. The molecular formula is C16H11Br2F3S. The average Bonchev–Trinajstić information content (AvgIpc) is 2.46. The van der Waals surface area contributed by atoms with Gasteiger partial charge in [-0.05, 0) is 29.8 Å². The standard InChI is InChI=1S/C16H11Br2F3S/c17-10-14(22-13-7-2-1-3-8-13)15(16(19,20)21)11-5-4-6-12(18)9-11/h1-9H,10H2/b15-14-. The number of benzene rings is 2. The molecule has 0 nitrogen and oxygen atoms in total. The van der Waals surface area contributed by atoms with Gasteiger partial charge >= 0.3 is 6.18 Å². The molecule has 6 heteroatoms. The highest BCUT2D eigenvalue weighted by Gasteiger charge is 2.37. The maximum atomic E-state index is 13.6. The molecule has 22 heavy (non-hydrogen) atoms. The summed E-state index contributed by atoms with van der Waals surface area (Å²) in [5.74, 6) is 0. The van der Waals surface area contributed by atoms with Crippen LogP contribution in [-0.2, 0) is 0 Å². The van der Waals surface area contributed by atoms with Crippen LogP contribution in [0, 0.1) is 0 Å². The van der Waals surface area contributed by atoms with Crippen LogP contribution in [0.5, 0.6) is 0 Å². The van der Waals surface area contributed by atoms with Crippen LogP contribution >= 0.6 is 43.6 Å². The fourth-order valence-electron chi connectivity index (χ4n) is 1.90. The zero-order valence-electron chi connectivity index (χ0n) is 11.2. The lowest BCUT2D eigenvalue weighted by Gasteiger charge is -2.17. The van der Waals surface area contributed by atoms with Gasteiger partial charge in [-0.1, -0.05) is 74.0 Å². The highest BCUT2D eigenvalue weighted by molar-refractivity contribution is 9.10. The minimum Gasteiger partial charge on any atom is -0.166 e. The third kappa shape index (κ3) is 4.64. The maximum Gasteiger partial charge on any atom is 0.417 e. The Morgan fingerprint density at radius 3 is 2.23 bits per heavy atom. The summed E-state index contributed by atoms with van der Waals surface area (Å²) in [5, 5.41) is 0.133. The number of thioether (sulfide) groups is 1. The smallest absolute Gasteiger partial charge is 0.166 e. The van der Waals surface area contributed by atoms with Gasteiger partial charge in [-0.2, -0.15) is 13.2 Å². The van der Waals surface area contributed by atoms with Crippen LogP contribution in [0.4, 0.5) is 13.2 Å². The number of hydrogen-bond donors (Lipinski definition) is 0. The fourth-order valence-corrected chi connectivity index (χ4v) is 3.89. The Morgan fingerprint density at radius 2 is 1.68 bits per heavy atom. The summed E-state index contributed by atoms with van der Waals surface area (Å²) in [6.07, 6.45) is -4.42. The largest absolute Gasteiger partial charge is 0.417 e. The van der Waals surface area contributed by atoms with Gasteiger partial charge in [-0.3, -0.25) is 0 Å². The van der Waals surface area contributed by atoms with Crippen LogP contribution in [0.2, 0.25) is 0 Å². The molecule has 0 spiro atoms. The Bertz CT molecular complexity index is 667. The second-order valence-corrected chi connectivity index (χ2v) is 7.00. The fraction of sp³-hybridized carbons (Fsp3) is 0.125. The number of alkyl halides is 4. The van der Waals surface area contributed by atoms with E-state index in [2.05, 4.69) is 31.9 Å². The molecule has 0 radical (unpaired) electrons. The Hall–Kier alpha value is -0.720. The van der Waals surface area contributed by atoms with E-state index in [4.69, 9.17) is 0 Å².